The van der Waals surface area contributed by atoms with Crippen LogP contribution in [0.1, 0.15) is 16.7 Å². The second kappa shape index (κ2) is 16.4. The summed E-state index contributed by atoms with van der Waals surface area (Å²) < 4.78 is 49.4. The molecular formula is C61H38F3N5. The first-order chi connectivity index (χ1) is 33.7. The highest BCUT2D eigenvalue weighted by Crippen LogP contribution is 2.45. The molecule has 0 spiro atoms. The Bertz CT molecular complexity index is 4030. The van der Waals surface area contributed by atoms with Gasteiger partial charge in [-0.05, 0) is 96.9 Å². The first kappa shape index (κ1) is 41.4. The van der Waals surface area contributed by atoms with Gasteiger partial charge in [0.2, 0.25) is 0 Å². The third-order valence-electron chi connectivity index (χ3n) is 13.1. The topological polar surface area (TPSA) is 59.4 Å². The van der Waals surface area contributed by atoms with Crippen molar-refractivity contribution < 1.29 is 13.2 Å². The molecule has 8 heteroatoms. The summed E-state index contributed by atoms with van der Waals surface area (Å²) in [6, 6.07) is 70.9. The average Bonchev–Trinajstić information content (AvgIpc) is 3.90. The molecule has 0 N–H and O–H groups in total. The molecule has 0 aliphatic rings. The smallest absolute Gasteiger partial charge is 0.307 e. The van der Waals surface area contributed by atoms with Crippen LogP contribution in [0.4, 0.5) is 13.2 Å². The van der Waals surface area contributed by atoms with E-state index in [1.165, 1.54) is 6.07 Å². The van der Waals surface area contributed by atoms with Crippen LogP contribution in [0.25, 0.3) is 111 Å². The van der Waals surface area contributed by atoms with E-state index in [0.29, 0.717) is 16.9 Å². The molecule has 12 rings (SSSR count). The highest BCUT2D eigenvalue weighted by atomic mass is 19.4. The number of para-hydroxylation sites is 2. The van der Waals surface area contributed by atoms with Crippen LogP contribution in [0, 0.1) is 18.3 Å². The van der Waals surface area contributed by atoms with Gasteiger partial charge in [0.15, 0.2) is 0 Å². The zero-order valence-corrected chi connectivity index (χ0v) is 37.1. The van der Waals surface area contributed by atoms with E-state index in [1.54, 1.807) is 25.1 Å². The molecule has 0 saturated heterocycles. The van der Waals surface area contributed by atoms with Gasteiger partial charge in [0.05, 0.1) is 73.4 Å². The zero-order valence-electron chi connectivity index (χ0n) is 37.1. The second-order valence-corrected chi connectivity index (χ2v) is 17.2. The van der Waals surface area contributed by atoms with Crippen LogP contribution in [-0.2, 0) is 6.18 Å². The molecule has 12 aromatic rings. The molecule has 0 saturated carbocycles. The predicted molar refractivity (Wildman–Crippen MR) is 272 cm³/mol. The third-order valence-corrected chi connectivity index (χ3v) is 13.1. The summed E-state index contributed by atoms with van der Waals surface area (Å²) in [5, 5.41) is 14.8. The number of pyridine rings is 2. The molecule has 0 aliphatic carbocycles. The van der Waals surface area contributed by atoms with Gasteiger partial charge in [-0.25, -0.2) is 9.97 Å². The number of nitrogens with zero attached hydrogens (tertiary/aromatic N) is 5. The number of halogens is 3. The SMILES string of the molecule is Cc1cccc(C(F)(F)F)c1-c1cc(-n2c3ccccc3c3cc(-c4cccc(-c5ccccc5)n4)ccc32)c(-n2c3ccccc3c3cc(-c4cccc(-c5ccccc5)n4)ccc32)cc1C#N. The van der Waals surface area contributed by atoms with Gasteiger partial charge in [-0.2, -0.15) is 18.4 Å². The predicted octanol–water partition coefficient (Wildman–Crippen LogP) is 16.2. The summed E-state index contributed by atoms with van der Waals surface area (Å²) in [6.45, 7) is 1.66. The monoisotopic (exact) mass is 897 g/mol. The highest BCUT2D eigenvalue weighted by Gasteiger charge is 2.35. The summed E-state index contributed by atoms with van der Waals surface area (Å²) >= 11 is 0. The minimum absolute atomic E-state index is 0.0288. The van der Waals surface area contributed by atoms with Crippen molar-refractivity contribution in [3.05, 3.63) is 229 Å². The summed E-state index contributed by atoms with van der Waals surface area (Å²) in [5.41, 5.74) is 11.8. The van der Waals surface area contributed by atoms with Crippen molar-refractivity contribution in [1.29, 1.82) is 5.26 Å². The van der Waals surface area contributed by atoms with E-state index in [-0.39, 0.29) is 16.7 Å². The van der Waals surface area contributed by atoms with E-state index in [4.69, 9.17) is 9.97 Å². The molecule has 0 fully saturated rings. The Balaban J connectivity index is 1.13. The summed E-state index contributed by atoms with van der Waals surface area (Å²) in [4.78, 5) is 10.2. The first-order valence-corrected chi connectivity index (χ1v) is 22.6. The normalized spacial score (nSPS) is 11.8. The molecule has 5 nitrogen and oxygen atoms in total. The van der Waals surface area contributed by atoms with E-state index in [1.807, 2.05) is 140 Å². The summed E-state index contributed by atoms with van der Waals surface area (Å²) in [6.07, 6.45) is -4.68. The molecule has 4 heterocycles. The molecule has 0 atom stereocenters. The number of rotatable bonds is 7. The average molecular weight is 898 g/mol. The van der Waals surface area contributed by atoms with Crippen LogP contribution in [0.5, 0.6) is 0 Å². The molecule has 0 aliphatic heterocycles. The van der Waals surface area contributed by atoms with Crippen LogP contribution in [0.3, 0.4) is 0 Å². The molecule has 8 aromatic carbocycles. The minimum atomic E-state index is -4.68. The Morgan fingerprint density at radius 2 is 0.855 bits per heavy atom. The van der Waals surface area contributed by atoms with Gasteiger partial charge in [0.25, 0.3) is 0 Å². The fourth-order valence-corrected chi connectivity index (χ4v) is 10.0. The molecule has 0 amide bonds. The lowest BCUT2D eigenvalue weighted by molar-refractivity contribution is -0.137. The van der Waals surface area contributed by atoms with Crippen LogP contribution in [-0.4, -0.2) is 19.1 Å². The minimum Gasteiger partial charge on any atom is -0.307 e. The van der Waals surface area contributed by atoms with Gasteiger partial charge in [-0.15, -0.1) is 0 Å². The van der Waals surface area contributed by atoms with Crippen molar-refractivity contribution in [1.82, 2.24) is 19.1 Å². The maximum Gasteiger partial charge on any atom is 0.417 e. The fraction of sp³-hybridized carbons (Fsp3) is 0.0328. The van der Waals surface area contributed by atoms with Gasteiger partial charge in [-0.1, -0.05) is 133 Å². The number of hydrogen-bond acceptors (Lipinski definition) is 3. The first-order valence-electron chi connectivity index (χ1n) is 22.6. The van der Waals surface area contributed by atoms with E-state index in [2.05, 4.69) is 57.7 Å². The number of nitriles is 1. The van der Waals surface area contributed by atoms with Crippen molar-refractivity contribution in [2.75, 3.05) is 0 Å². The van der Waals surface area contributed by atoms with Crippen molar-refractivity contribution in [2.45, 2.75) is 13.1 Å². The van der Waals surface area contributed by atoms with Gasteiger partial charge < -0.3 is 9.13 Å². The van der Waals surface area contributed by atoms with Crippen molar-refractivity contribution in [3.8, 4) is 73.6 Å². The molecule has 0 bridgehead atoms. The van der Waals surface area contributed by atoms with Crippen LogP contribution < -0.4 is 0 Å². The maximum atomic E-state index is 15.1. The number of fused-ring (bicyclic) bond motifs is 6. The molecule has 0 unspecified atom stereocenters. The van der Waals surface area contributed by atoms with Crippen molar-refractivity contribution >= 4 is 43.6 Å². The van der Waals surface area contributed by atoms with Gasteiger partial charge in [-0.3, -0.25) is 0 Å². The molecular weight excluding hydrogens is 860 g/mol. The van der Waals surface area contributed by atoms with E-state index in [9.17, 15) is 5.26 Å². The Morgan fingerprint density at radius 3 is 1.35 bits per heavy atom. The summed E-state index contributed by atoms with van der Waals surface area (Å²) in [7, 11) is 0. The quantitative estimate of drug-likeness (QED) is 0.160. The number of hydrogen-bond donors (Lipinski definition) is 0. The molecule has 4 aromatic heterocycles. The number of aromatic nitrogens is 4. The maximum absolute atomic E-state index is 15.1. The van der Waals surface area contributed by atoms with E-state index < -0.39 is 11.7 Å². The summed E-state index contributed by atoms with van der Waals surface area (Å²) in [5.74, 6) is 0. The van der Waals surface area contributed by atoms with E-state index in [0.717, 1.165) is 94.7 Å². The Hall–Kier alpha value is -9.06. The molecule has 69 heavy (non-hydrogen) atoms. The standard InChI is InChI=1S/C61H38F3N5/c1-38-15-12-22-49(61(62,63)64)60(38)46-36-59(69-55-28-11-9-21-45(55)48-34-42(30-32-57(48)69)53-26-14-24-51(67-53)40-18-6-3-7-19-40)58(35-43(46)37-65)68-54-27-10-8-20-44(54)47-33-41(29-31-56(47)68)52-25-13-23-50(66-52)39-16-4-2-5-17-39/h2-36H,1H3. The fourth-order valence-electron chi connectivity index (χ4n) is 10.0. The lowest BCUT2D eigenvalue weighted by Crippen LogP contribution is -2.10. The second-order valence-electron chi connectivity index (χ2n) is 17.2. The molecule has 328 valence electrons. The lowest BCUT2D eigenvalue weighted by atomic mass is 9.90. The van der Waals surface area contributed by atoms with Gasteiger partial charge in [0, 0.05) is 49.4 Å². The largest absolute Gasteiger partial charge is 0.417 e. The van der Waals surface area contributed by atoms with Crippen LogP contribution in [0.2, 0.25) is 0 Å². The van der Waals surface area contributed by atoms with Gasteiger partial charge >= 0.3 is 6.18 Å². The number of aryl methyl sites for hydroxylation is 1. The molecule has 0 radical (unpaired) electrons. The van der Waals surface area contributed by atoms with Crippen LogP contribution >= 0.6 is 0 Å². The highest BCUT2D eigenvalue weighted by molar-refractivity contribution is 6.13. The number of alkyl halides is 3. The lowest BCUT2D eigenvalue weighted by Gasteiger charge is -2.22. The Morgan fingerprint density at radius 1 is 0.420 bits per heavy atom. The zero-order chi connectivity index (χ0) is 46.8. The van der Waals surface area contributed by atoms with E-state index >= 15 is 13.2 Å². The van der Waals surface area contributed by atoms with Crippen molar-refractivity contribution in [2.24, 2.45) is 0 Å². The Kier molecular flexibility index (Phi) is 9.82. The third kappa shape index (κ3) is 7.02. The number of benzene rings is 8. The van der Waals surface area contributed by atoms with Gasteiger partial charge in [0.1, 0.15) is 0 Å². The van der Waals surface area contributed by atoms with Crippen LogP contribution in [0.15, 0.2) is 212 Å². The Labute approximate surface area is 395 Å². The van der Waals surface area contributed by atoms with Crippen molar-refractivity contribution in [3.63, 3.8) is 0 Å².